The SMILES string of the molecule is Cc1nn(C[NH+]2CCC[C@@H]2c2cccs2)c(C)c1[N+](=O)[O-]. The molecule has 1 N–H and O–H groups in total. The van der Waals surface area contributed by atoms with Crippen molar-refractivity contribution in [2.75, 3.05) is 6.54 Å². The molecule has 1 fully saturated rings. The summed E-state index contributed by atoms with van der Waals surface area (Å²) in [5.74, 6) is 0. The molecule has 0 aromatic carbocycles. The van der Waals surface area contributed by atoms with E-state index in [1.165, 1.54) is 22.6 Å². The molecule has 6 nitrogen and oxygen atoms in total. The Balaban J connectivity index is 1.83. The van der Waals surface area contributed by atoms with Gasteiger partial charge in [0, 0.05) is 12.8 Å². The van der Waals surface area contributed by atoms with E-state index in [2.05, 4.69) is 22.6 Å². The zero-order chi connectivity index (χ0) is 15.0. The van der Waals surface area contributed by atoms with Crippen molar-refractivity contribution in [3.8, 4) is 0 Å². The highest BCUT2D eigenvalue weighted by molar-refractivity contribution is 7.10. The Morgan fingerprint density at radius 2 is 2.38 bits per heavy atom. The fraction of sp³-hybridized carbons (Fsp3) is 0.500. The molecule has 0 bridgehead atoms. The van der Waals surface area contributed by atoms with Gasteiger partial charge >= 0.3 is 5.69 Å². The second-order valence-corrected chi connectivity index (χ2v) is 6.53. The van der Waals surface area contributed by atoms with Gasteiger partial charge in [0.15, 0.2) is 6.67 Å². The van der Waals surface area contributed by atoms with Crippen LogP contribution in [0, 0.1) is 24.0 Å². The van der Waals surface area contributed by atoms with Crippen molar-refractivity contribution >= 4 is 17.0 Å². The van der Waals surface area contributed by atoms with E-state index in [1.807, 2.05) is 0 Å². The molecule has 2 atom stereocenters. The minimum atomic E-state index is -0.329. The van der Waals surface area contributed by atoms with Crippen LogP contribution in [0.25, 0.3) is 0 Å². The van der Waals surface area contributed by atoms with Crippen LogP contribution in [0.1, 0.15) is 35.1 Å². The topological polar surface area (TPSA) is 65.4 Å². The largest absolute Gasteiger partial charge is 0.312 e. The second-order valence-electron chi connectivity index (χ2n) is 5.55. The second kappa shape index (κ2) is 5.57. The lowest BCUT2D eigenvalue weighted by atomic mass is 10.2. The number of quaternary nitrogens is 1. The Kier molecular flexibility index (Phi) is 3.77. The van der Waals surface area contributed by atoms with Gasteiger partial charge in [-0.1, -0.05) is 6.07 Å². The number of nitrogens with one attached hydrogen (secondary N) is 1. The molecule has 3 heterocycles. The third kappa shape index (κ3) is 2.58. The molecule has 0 radical (unpaired) electrons. The lowest BCUT2D eigenvalue weighted by Crippen LogP contribution is -3.09. The van der Waals surface area contributed by atoms with Crippen LogP contribution in [-0.4, -0.2) is 21.2 Å². The minimum Gasteiger partial charge on any atom is -0.310 e. The summed E-state index contributed by atoms with van der Waals surface area (Å²) in [4.78, 5) is 13.6. The summed E-state index contributed by atoms with van der Waals surface area (Å²) >= 11 is 1.79. The molecule has 0 spiro atoms. The highest BCUT2D eigenvalue weighted by Crippen LogP contribution is 2.24. The van der Waals surface area contributed by atoms with Crippen molar-refractivity contribution in [2.45, 2.75) is 39.4 Å². The minimum absolute atomic E-state index is 0.154. The molecule has 2 aromatic rings. The Labute approximate surface area is 127 Å². The predicted molar refractivity (Wildman–Crippen MR) is 80.5 cm³/mol. The summed E-state index contributed by atoms with van der Waals surface area (Å²) < 4.78 is 1.80. The van der Waals surface area contributed by atoms with Gasteiger partial charge < -0.3 is 4.90 Å². The van der Waals surface area contributed by atoms with Gasteiger partial charge in [-0.3, -0.25) is 10.1 Å². The highest BCUT2D eigenvalue weighted by atomic mass is 32.1. The lowest BCUT2D eigenvalue weighted by Gasteiger charge is -2.20. The van der Waals surface area contributed by atoms with E-state index in [9.17, 15) is 10.1 Å². The van der Waals surface area contributed by atoms with E-state index in [0.717, 1.165) is 6.54 Å². The third-order valence-corrected chi connectivity index (χ3v) is 5.23. The maximum atomic E-state index is 11.1. The summed E-state index contributed by atoms with van der Waals surface area (Å²) in [5, 5.41) is 17.6. The van der Waals surface area contributed by atoms with Crippen molar-refractivity contribution in [2.24, 2.45) is 0 Å². The van der Waals surface area contributed by atoms with Crippen LogP contribution in [0.15, 0.2) is 17.5 Å². The first-order chi connectivity index (χ1) is 10.1. The molecule has 3 rings (SSSR count). The van der Waals surface area contributed by atoms with Crippen molar-refractivity contribution in [3.05, 3.63) is 43.9 Å². The zero-order valence-corrected chi connectivity index (χ0v) is 13.0. The van der Waals surface area contributed by atoms with Crippen LogP contribution >= 0.6 is 11.3 Å². The van der Waals surface area contributed by atoms with Crippen LogP contribution < -0.4 is 4.90 Å². The third-order valence-electron chi connectivity index (χ3n) is 4.25. The molecule has 1 aliphatic rings. The summed E-state index contributed by atoms with van der Waals surface area (Å²) in [6.07, 6.45) is 2.37. The normalized spacial score (nSPS) is 21.8. The molecule has 7 heteroatoms. The first-order valence-corrected chi connectivity index (χ1v) is 8.02. The number of thiophene rings is 1. The van der Waals surface area contributed by atoms with Crippen LogP contribution in [0.4, 0.5) is 5.69 Å². The summed E-state index contributed by atoms with van der Waals surface area (Å²) in [5.41, 5.74) is 1.31. The Morgan fingerprint density at radius 3 is 3.00 bits per heavy atom. The van der Waals surface area contributed by atoms with E-state index in [0.29, 0.717) is 24.1 Å². The number of rotatable bonds is 4. The van der Waals surface area contributed by atoms with Crippen LogP contribution in [0.2, 0.25) is 0 Å². The van der Waals surface area contributed by atoms with Gasteiger partial charge in [-0.2, -0.15) is 5.10 Å². The van der Waals surface area contributed by atoms with Gasteiger partial charge in [-0.25, -0.2) is 4.68 Å². The highest BCUT2D eigenvalue weighted by Gasteiger charge is 2.32. The van der Waals surface area contributed by atoms with Crippen LogP contribution in [-0.2, 0) is 6.67 Å². The van der Waals surface area contributed by atoms with Crippen LogP contribution in [0.3, 0.4) is 0 Å². The Morgan fingerprint density at radius 1 is 1.57 bits per heavy atom. The summed E-state index contributed by atoms with van der Waals surface area (Å²) in [6.45, 7) is 5.28. The van der Waals surface area contributed by atoms with Gasteiger partial charge in [-0.15, -0.1) is 11.3 Å². The molecular formula is C14H19N4O2S+. The average Bonchev–Trinajstić information content (AvgIpc) is 3.11. The standard InChI is InChI=1S/C14H18N4O2S/c1-10-14(18(19)20)11(2)17(15-10)9-16-7-3-5-12(16)13-6-4-8-21-13/h4,6,8,12H,3,5,7,9H2,1-2H3/p+1/t12-/m1/s1. The fourth-order valence-electron chi connectivity index (χ4n) is 3.23. The van der Waals surface area contributed by atoms with Gasteiger partial charge in [0.05, 0.1) is 16.3 Å². The van der Waals surface area contributed by atoms with E-state index in [-0.39, 0.29) is 10.6 Å². The Hall–Kier alpha value is -1.73. The molecule has 0 saturated carbocycles. The van der Waals surface area contributed by atoms with Gasteiger partial charge in [0.1, 0.15) is 17.4 Å². The van der Waals surface area contributed by atoms with E-state index >= 15 is 0 Å². The van der Waals surface area contributed by atoms with E-state index in [4.69, 9.17) is 0 Å². The maximum Gasteiger partial charge on any atom is 0.312 e. The summed E-state index contributed by atoms with van der Waals surface area (Å²) in [6, 6.07) is 4.77. The number of aryl methyl sites for hydroxylation is 1. The fourth-order valence-corrected chi connectivity index (χ4v) is 4.15. The number of nitrogens with zero attached hydrogens (tertiary/aromatic N) is 3. The number of hydrogen-bond donors (Lipinski definition) is 1. The van der Waals surface area contributed by atoms with Crippen LogP contribution in [0.5, 0.6) is 0 Å². The van der Waals surface area contributed by atoms with Gasteiger partial charge in [0.25, 0.3) is 0 Å². The first-order valence-electron chi connectivity index (χ1n) is 7.14. The van der Waals surface area contributed by atoms with Gasteiger partial charge in [0.2, 0.25) is 0 Å². The van der Waals surface area contributed by atoms with E-state index < -0.39 is 0 Å². The average molecular weight is 307 g/mol. The molecular weight excluding hydrogens is 288 g/mol. The quantitative estimate of drug-likeness (QED) is 0.692. The molecule has 1 saturated heterocycles. The molecule has 2 aromatic heterocycles. The van der Waals surface area contributed by atoms with E-state index in [1.54, 1.807) is 29.9 Å². The van der Waals surface area contributed by atoms with Crippen molar-refractivity contribution < 1.29 is 9.82 Å². The molecule has 0 amide bonds. The predicted octanol–water partition coefficient (Wildman–Crippen LogP) is 1.85. The molecule has 1 aliphatic heterocycles. The number of likely N-dealkylation sites (tertiary alicyclic amines) is 1. The van der Waals surface area contributed by atoms with Crippen molar-refractivity contribution in [1.29, 1.82) is 0 Å². The first kappa shape index (κ1) is 14.2. The molecule has 21 heavy (non-hydrogen) atoms. The van der Waals surface area contributed by atoms with Crippen molar-refractivity contribution in [1.82, 2.24) is 9.78 Å². The number of nitro groups is 1. The number of aromatic nitrogens is 2. The molecule has 112 valence electrons. The lowest BCUT2D eigenvalue weighted by molar-refractivity contribution is -0.941. The zero-order valence-electron chi connectivity index (χ0n) is 12.2. The molecule has 1 unspecified atom stereocenters. The van der Waals surface area contributed by atoms with Crippen molar-refractivity contribution in [3.63, 3.8) is 0 Å². The Bertz CT molecular complexity index is 650. The van der Waals surface area contributed by atoms with Gasteiger partial charge in [-0.05, 0) is 25.3 Å². The maximum absolute atomic E-state index is 11.1. The monoisotopic (exact) mass is 307 g/mol. The summed E-state index contributed by atoms with van der Waals surface area (Å²) in [7, 11) is 0. The molecule has 0 aliphatic carbocycles. The number of hydrogen-bond acceptors (Lipinski definition) is 4. The smallest absolute Gasteiger partial charge is 0.310 e.